The standard InChI is InChI=1S/C29H40N2O6.C7H7N3/c1-3-4-5-6-7-8-9-10-11-12-19-30(23(2)32)21-26-20-27(31(35)36)17-18-28(26)37-22-24-13-15-25(16-14-24)29(33)34;1-5-2-3-6-7(4-5)9-10-8-6/h13-18,20H,3-12,19,21-22H2,1-2H3,(H,33,34);2-4H,1H3,(H,8,9,10). The van der Waals surface area contributed by atoms with Gasteiger partial charge < -0.3 is 14.7 Å². The fourth-order valence-electron chi connectivity index (χ4n) is 5.14. The molecule has 11 heteroatoms. The predicted molar refractivity (Wildman–Crippen MR) is 182 cm³/mol. The number of unbranched alkanes of at least 4 members (excludes halogenated alkanes) is 9. The number of carbonyl (C=O) groups is 2. The number of aromatic amines is 1. The van der Waals surface area contributed by atoms with Crippen molar-refractivity contribution in [2.45, 2.75) is 98.1 Å². The van der Waals surface area contributed by atoms with Gasteiger partial charge in [-0.15, -0.1) is 0 Å². The molecule has 0 saturated carbocycles. The topological polar surface area (TPSA) is 152 Å². The number of hydrogen-bond donors (Lipinski definition) is 2. The normalized spacial score (nSPS) is 10.7. The zero-order chi connectivity index (χ0) is 34.0. The van der Waals surface area contributed by atoms with Crippen LogP contribution in [0.25, 0.3) is 11.0 Å². The maximum absolute atomic E-state index is 12.3. The maximum Gasteiger partial charge on any atom is 0.335 e. The lowest BCUT2D eigenvalue weighted by molar-refractivity contribution is -0.385. The number of carboxylic acids is 1. The monoisotopic (exact) mass is 645 g/mol. The van der Waals surface area contributed by atoms with Crippen molar-refractivity contribution >= 4 is 28.6 Å². The first-order chi connectivity index (χ1) is 22.7. The molecule has 0 aliphatic heterocycles. The molecular formula is C36H47N5O6. The quantitative estimate of drug-likeness (QED) is 0.0622. The van der Waals surface area contributed by atoms with Gasteiger partial charge in [0.15, 0.2) is 0 Å². The maximum atomic E-state index is 12.3. The number of carboxylic acid groups (broad SMARTS) is 1. The molecule has 2 N–H and O–H groups in total. The number of nitrogens with zero attached hydrogens (tertiary/aromatic N) is 4. The number of H-pyrrole nitrogens is 1. The number of rotatable bonds is 18. The average Bonchev–Trinajstić information content (AvgIpc) is 3.52. The first-order valence-corrected chi connectivity index (χ1v) is 16.4. The van der Waals surface area contributed by atoms with Crippen LogP contribution in [0.2, 0.25) is 0 Å². The van der Waals surface area contributed by atoms with Gasteiger partial charge in [0.2, 0.25) is 5.91 Å². The highest BCUT2D eigenvalue weighted by molar-refractivity contribution is 5.87. The summed E-state index contributed by atoms with van der Waals surface area (Å²) < 4.78 is 5.94. The second-order valence-corrected chi connectivity index (χ2v) is 11.8. The summed E-state index contributed by atoms with van der Waals surface area (Å²) in [6.45, 7) is 6.75. The fraction of sp³-hybridized carbons (Fsp3) is 0.444. The van der Waals surface area contributed by atoms with Crippen molar-refractivity contribution in [3.8, 4) is 5.75 Å². The summed E-state index contributed by atoms with van der Waals surface area (Å²) in [5, 5.41) is 30.8. The van der Waals surface area contributed by atoms with E-state index in [1.807, 2.05) is 25.1 Å². The Kier molecular flexibility index (Phi) is 15.3. The molecule has 47 heavy (non-hydrogen) atoms. The number of benzene rings is 3. The van der Waals surface area contributed by atoms with Crippen LogP contribution in [-0.2, 0) is 17.9 Å². The van der Waals surface area contributed by atoms with E-state index in [4.69, 9.17) is 9.84 Å². The number of hydrogen-bond acceptors (Lipinski definition) is 7. The van der Waals surface area contributed by atoms with E-state index < -0.39 is 10.9 Å². The molecule has 0 atom stereocenters. The first-order valence-electron chi connectivity index (χ1n) is 16.4. The molecule has 1 amide bonds. The van der Waals surface area contributed by atoms with Gasteiger partial charge in [-0.3, -0.25) is 14.9 Å². The Morgan fingerprint density at radius 3 is 2.13 bits per heavy atom. The molecule has 3 aromatic carbocycles. The first kappa shape index (κ1) is 36.7. The third-order valence-electron chi connectivity index (χ3n) is 7.91. The Morgan fingerprint density at radius 1 is 0.872 bits per heavy atom. The zero-order valence-corrected chi connectivity index (χ0v) is 27.7. The Bertz CT molecular complexity index is 1570. The smallest absolute Gasteiger partial charge is 0.335 e. The van der Waals surface area contributed by atoms with E-state index in [1.54, 1.807) is 23.1 Å². The van der Waals surface area contributed by atoms with E-state index in [0.29, 0.717) is 17.9 Å². The molecule has 0 fully saturated rings. The van der Waals surface area contributed by atoms with Gasteiger partial charge in [-0.2, -0.15) is 15.4 Å². The van der Waals surface area contributed by atoms with Gasteiger partial charge in [0.1, 0.15) is 23.4 Å². The number of amides is 1. The number of aromatic nitrogens is 3. The molecule has 0 radical (unpaired) electrons. The van der Waals surface area contributed by atoms with Gasteiger partial charge in [-0.1, -0.05) is 82.9 Å². The lowest BCUT2D eigenvalue weighted by Crippen LogP contribution is -2.29. The van der Waals surface area contributed by atoms with E-state index in [2.05, 4.69) is 22.3 Å². The van der Waals surface area contributed by atoms with Crippen LogP contribution in [0.1, 0.15) is 105 Å². The fourth-order valence-corrected chi connectivity index (χ4v) is 5.14. The Balaban J connectivity index is 0.000000502. The largest absolute Gasteiger partial charge is 0.489 e. The van der Waals surface area contributed by atoms with Crippen LogP contribution in [0.5, 0.6) is 5.75 Å². The molecule has 4 aromatic rings. The van der Waals surface area contributed by atoms with Gasteiger partial charge in [-0.25, -0.2) is 4.79 Å². The highest BCUT2D eigenvalue weighted by Gasteiger charge is 2.17. The summed E-state index contributed by atoms with van der Waals surface area (Å²) in [6.07, 6.45) is 12.1. The number of ether oxygens (including phenoxy) is 1. The number of aryl methyl sites for hydroxylation is 1. The zero-order valence-electron chi connectivity index (χ0n) is 27.7. The second kappa shape index (κ2) is 19.7. The third-order valence-corrected chi connectivity index (χ3v) is 7.91. The van der Waals surface area contributed by atoms with Crippen LogP contribution >= 0.6 is 0 Å². The summed E-state index contributed by atoms with van der Waals surface area (Å²) in [5.74, 6) is -0.628. The van der Waals surface area contributed by atoms with E-state index in [-0.39, 0.29) is 30.3 Å². The predicted octanol–water partition coefficient (Wildman–Crippen LogP) is 8.41. The van der Waals surface area contributed by atoms with Gasteiger partial charge >= 0.3 is 5.97 Å². The second-order valence-electron chi connectivity index (χ2n) is 11.8. The van der Waals surface area contributed by atoms with Crippen LogP contribution in [0, 0.1) is 17.0 Å². The summed E-state index contributed by atoms with van der Waals surface area (Å²) in [6, 6.07) is 16.7. The summed E-state index contributed by atoms with van der Waals surface area (Å²) >= 11 is 0. The molecule has 1 heterocycles. The number of nitro groups is 1. The molecule has 4 rings (SSSR count). The van der Waals surface area contributed by atoms with Crippen molar-refractivity contribution in [1.29, 1.82) is 0 Å². The number of nitro benzene ring substituents is 1. The van der Waals surface area contributed by atoms with E-state index >= 15 is 0 Å². The van der Waals surface area contributed by atoms with Gasteiger partial charge in [0.05, 0.1) is 10.5 Å². The van der Waals surface area contributed by atoms with Gasteiger partial charge in [-0.05, 0) is 54.8 Å². The van der Waals surface area contributed by atoms with Crippen molar-refractivity contribution in [2.24, 2.45) is 0 Å². The Hall–Kier alpha value is -4.80. The summed E-state index contributed by atoms with van der Waals surface area (Å²) in [4.78, 5) is 36.0. The van der Waals surface area contributed by atoms with E-state index in [9.17, 15) is 19.7 Å². The van der Waals surface area contributed by atoms with Crippen LogP contribution in [0.3, 0.4) is 0 Å². The highest BCUT2D eigenvalue weighted by atomic mass is 16.6. The molecule has 0 aliphatic rings. The van der Waals surface area contributed by atoms with Crippen molar-refractivity contribution in [3.05, 3.63) is 93.0 Å². The Morgan fingerprint density at radius 2 is 1.51 bits per heavy atom. The molecule has 11 nitrogen and oxygen atoms in total. The van der Waals surface area contributed by atoms with Crippen molar-refractivity contribution in [3.63, 3.8) is 0 Å². The van der Waals surface area contributed by atoms with Crippen molar-refractivity contribution < 1.29 is 24.4 Å². The molecule has 0 saturated heterocycles. The average molecular weight is 646 g/mol. The molecule has 0 aliphatic carbocycles. The molecule has 0 unspecified atom stereocenters. The number of carbonyl (C=O) groups excluding carboxylic acids is 1. The van der Waals surface area contributed by atoms with Crippen LogP contribution in [0.15, 0.2) is 60.7 Å². The molecule has 0 spiro atoms. The van der Waals surface area contributed by atoms with Gasteiger partial charge in [0.25, 0.3) is 5.69 Å². The molecular weight excluding hydrogens is 598 g/mol. The molecule has 0 bridgehead atoms. The third kappa shape index (κ3) is 12.8. The minimum Gasteiger partial charge on any atom is -0.489 e. The summed E-state index contributed by atoms with van der Waals surface area (Å²) in [5.41, 5.74) is 4.52. The minimum atomic E-state index is -1.00. The lowest BCUT2D eigenvalue weighted by Gasteiger charge is -2.22. The van der Waals surface area contributed by atoms with Crippen LogP contribution < -0.4 is 4.74 Å². The molecule has 1 aromatic heterocycles. The lowest BCUT2D eigenvalue weighted by atomic mass is 10.1. The number of fused-ring (bicyclic) bond motifs is 1. The minimum absolute atomic E-state index is 0.0596. The van der Waals surface area contributed by atoms with Crippen molar-refractivity contribution in [2.75, 3.05) is 6.54 Å². The number of nitrogens with one attached hydrogen (secondary N) is 1. The highest BCUT2D eigenvalue weighted by Crippen LogP contribution is 2.27. The van der Waals surface area contributed by atoms with Crippen molar-refractivity contribution in [1.82, 2.24) is 20.3 Å². The van der Waals surface area contributed by atoms with E-state index in [1.165, 1.54) is 81.7 Å². The SMILES string of the molecule is CCCCCCCCCCCCN(Cc1cc([N+](=O)[O-])ccc1OCc1ccc(C(=O)O)cc1)C(C)=O.Cc1ccc2n[nH]nc2c1. The van der Waals surface area contributed by atoms with Gasteiger partial charge in [0, 0.05) is 37.7 Å². The van der Waals surface area contributed by atoms with Crippen LogP contribution in [0.4, 0.5) is 5.69 Å². The number of aromatic carboxylic acids is 1. The van der Waals surface area contributed by atoms with Crippen LogP contribution in [-0.4, -0.2) is 48.8 Å². The number of non-ortho nitro benzene ring substituents is 1. The summed E-state index contributed by atoms with van der Waals surface area (Å²) in [7, 11) is 0. The molecule has 252 valence electrons. The van der Waals surface area contributed by atoms with E-state index in [0.717, 1.165) is 35.9 Å². The Labute approximate surface area is 276 Å².